The molecule has 0 spiro atoms. The smallest absolute Gasteiger partial charge is 0.160 e. The third kappa shape index (κ3) is 6.06. The number of benzene rings is 7. The molecule has 0 radical (unpaired) electrons. The molecule has 3 aromatic heterocycles. The monoisotopic (exact) mass is 702 g/mol. The Bertz CT molecular complexity index is 2940. The van der Waals surface area contributed by atoms with Crippen LogP contribution < -0.4 is 0 Å². The lowest BCUT2D eigenvalue weighted by Gasteiger charge is -2.12. The molecule has 0 aliphatic rings. The molecule has 0 unspecified atom stereocenters. The van der Waals surface area contributed by atoms with Gasteiger partial charge in [-0.2, -0.15) is 5.10 Å². The topological polar surface area (TPSA) is 43.1 Å². The maximum atomic E-state index is 5.42. The Morgan fingerprint density at radius 2 is 0.855 bits per heavy atom. The largest absolute Gasteiger partial charge is 0.231 e. The fraction of sp³-hybridized carbons (Fsp3) is 0. The van der Waals surface area contributed by atoms with Gasteiger partial charge in [-0.1, -0.05) is 188 Å². The molecule has 0 bridgehead atoms. The maximum Gasteiger partial charge on any atom is 0.160 e. The van der Waals surface area contributed by atoms with Crippen LogP contribution in [-0.4, -0.2) is 19.6 Å². The highest BCUT2D eigenvalue weighted by Gasteiger charge is 2.22. The molecule has 0 aliphatic heterocycles. The van der Waals surface area contributed by atoms with Crippen LogP contribution in [0.5, 0.6) is 0 Å². The summed E-state index contributed by atoms with van der Waals surface area (Å²) in [6, 6.07) is 72.0. The van der Waals surface area contributed by atoms with Crippen molar-refractivity contribution in [2.75, 3.05) is 0 Å². The number of rotatable bonds is 7. The standard InChI is InChI=1S/C51H34N4/c1-5-16-35(17-6-1)36-28-30-37(31-29-36)45-34-46(53-51(52-45)40-22-11-4-12-23-40)42-25-15-26-43(32-42)48-49(39-20-9-3-10-21-39)54-55-47(38-18-7-2-8-19-38)33-41-24-13-14-27-44(41)50(48)55/h1-34H. The number of fused-ring (bicyclic) bond motifs is 3. The van der Waals surface area contributed by atoms with Gasteiger partial charge in [-0.05, 0) is 40.3 Å². The molecule has 0 N–H and O–H groups in total. The van der Waals surface area contributed by atoms with Gasteiger partial charge in [0.1, 0.15) is 5.69 Å². The van der Waals surface area contributed by atoms with Gasteiger partial charge in [-0.3, -0.25) is 0 Å². The van der Waals surface area contributed by atoms with Gasteiger partial charge in [0, 0.05) is 38.8 Å². The first-order valence-electron chi connectivity index (χ1n) is 18.5. The molecule has 0 saturated heterocycles. The lowest BCUT2D eigenvalue weighted by atomic mass is 9.95. The van der Waals surface area contributed by atoms with E-state index in [4.69, 9.17) is 15.1 Å². The van der Waals surface area contributed by atoms with Gasteiger partial charge in [0.2, 0.25) is 0 Å². The van der Waals surface area contributed by atoms with E-state index in [0.717, 1.165) is 78.0 Å². The van der Waals surface area contributed by atoms with Crippen LogP contribution in [0.3, 0.4) is 0 Å². The van der Waals surface area contributed by atoms with E-state index in [1.165, 1.54) is 11.1 Å². The zero-order valence-electron chi connectivity index (χ0n) is 29.9. The van der Waals surface area contributed by atoms with Gasteiger partial charge >= 0.3 is 0 Å². The summed E-state index contributed by atoms with van der Waals surface area (Å²) in [6.45, 7) is 0. The average molecular weight is 703 g/mol. The molecule has 0 atom stereocenters. The highest BCUT2D eigenvalue weighted by Crippen LogP contribution is 2.42. The summed E-state index contributed by atoms with van der Waals surface area (Å²) >= 11 is 0. The molecule has 0 aliphatic carbocycles. The lowest BCUT2D eigenvalue weighted by Crippen LogP contribution is -1.96. The Morgan fingerprint density at radius 1 is 0.345 bits per heavy atom. The fourth-order valence-corrected chi connectivity index (χ4v) is 7.53. The first-order valence-corrected chi connectivity index (χ1v) is 18.5. The molecule has 10 rings (SSSR count). The molecular formula is C51H34N4. The zero-order chi connectivity index (χ0) is 36.6. The van der Waals surface area contributed by atoms with Crippen LogP contribution in [0.15, 0.2) is 206 Å². The molecule has 0 saturated carbocycles. The highest BCUT2D eigenvalue weighted by atomic mass is 15.2. The van der Waals surface area contributed by atoms with Gasteiger partial charge in [0.05, 0.1) is 22.6 Å². The summed E-state index contributed by atoms with van der Waals surface area (Å²) in [5.74, 6) is 0.685. The minimum atomic E-state index is 0.685. The summed E-state index contributed by atoms with van der Waals surface area (Å²) in [6.07, 6.45) is 0. The van der Waals surface area contributed by atoms with Crippen molar-refractivity contribution >= 4 is 16.3 Å². The molecule has 0 fully saturated rings. The van der Waals surface area contributed by atoms with Crippen LogP contribution in [0.2, 0.25) is 0 Å². The van der Waals surface area contributed by atoms with Crippen molar-refractivity contribution < 1.29 is 0 Å². The number of nitrogens with zero attached hydrogens (tertiary/aromatic N) is 4. The summed E-state index contributed by atoms with van der Waals surface area (Å²) in [5, 5.41) is 7.72. The number of pyridine rings is 1. The Hall–Kier alpha value is -7.43. The molecule has 4 heteroatoms. The van der Waals surface area contributed by atoms with Crippen molar-refractivity contribution in [2.45, 2.75) is 0 Å². The number of hydrogen-bond acceptors (Lipinski definition) is 3. The summed E-state index contributed by atoms with van der Waals surface area (Å²) in [5.41, 5.74) is 14.4. The highest BCUT2D eigenvalue weighted by molar-refractivity contribution is 6.08. The Labute approximate surface area is 319 Å². The van der Waals surface area contributed by atoms with Gasteiger partial charge < -0.3 is 0 Å². The second kappa shape index (κ2) is 13.8. The predicted octanol–water partition coefficient (Wildman–Crippen LogP) is 12.9. The average Bonchev–Trinajstić information content (AvgIpc) is 3.69. The summed E-state index contributed by atoms with van der Waals surface area (Å²) < 4.78 is 2.14. The van der Waals surface area contributed by atoms with Crippen molar-refractivity contribution in [3.05, 3.63) is 206 Å². The molecule has 4 nitrogen and oxygen atoms in total. The molecule has 3 heterocycles. The Balaban J connectivity index is 1.18. The van der Waals surface area contributed by atoms with Crippen LogP contribution in [0.4, 0.5) is 0 Å². The van der Waals surface area contributed by atoms with E-state index >= 15 is 0 Å². The van der Waals surface area contributed by atoms with E-state index in [1.54, 1.807) is 0 Å². The van der Waals surface area contributed by atoms with Crippen LogP contribution in [0.1, 0.15) is 0 Å². The molecule has 55 heavy (non-hydrogen) atoms. The van der Waals surface area contributed by atoms with Crippen LogP contribution in [0, 0.1) is 0 Å². The third-order valence-corrected chi connectivity index (χ3v) is 10.2. The second-order valence-electron chi connectivity index (χ2n) is 13.7. The number of hydrogen-bond donors (Lipinski definition) is 0. The van der Waals surface area contributed by atoms with E-state index in [2.05, 4.69) is 187 Å². The first kappa shape index (κ1) is 32.2. The SMILES string of the molecule is c1ccc(-c2ccc(-c3cc(-c4cccc(-c5c(-c6ccccc6)nn6c(-c7ccccc7)cc7ccccc7c56)c4)nc(-c4ccccc4)n3)cc2)cc1. The second-order valence-corrected chi connectivity index (χ2v) is 13.7. The van der Waals surface area contributed by atoms with E-state index < -0.39 is 0 Å². The van der Waals surface area contributed by atoms with E-state index in [1.807, 2.05) is 24.3 Å². The van der Waals surface area contributed by atoms with Crippen molar-refractivity contribution in [2.24, 2.45) is 0 Å². The van der Waals surface area contributed by atoms with E-state index in [0.29, 0.717) is 5.82 Å². The van der Waals surface area contributed by atoms with Crippen molar-refractivity contribution in [3.8, 4) is 78.7 Å². The third-order valence-electron chi connectivity index (χ3n) is 10.2. The Kier molecular flexibility index (Phi) is 8.12. The number of aromatic nitrogens is 4. The first-order chi connectivity index (χ1) is 27.3. The molecule has 0 amide bonds. The lowest BCUT2D eigenvalue weighted by molar-refractivity contribution is 0.979. The van der Waals surface area contributed by atoms with Gasteiger partial charge in [0.15, 0.2) is 5.82 Å². The summed E-state index contributed by atoms with van der Waals surface area (Å²) in [4.78, 5) is 10.3. The zero-order valence-corrected chi connectivity index (χ0v) is 29.9. The van der Waals surface area contributed by atoms with E-state index in [-0.39, 0.29) is 0 Å². The van der Waals surface area contributed by atoms with Gasteiger partial charge in [-0.25, -0.2) is 14.5 Å². The fourth-order valence-electron chi connectivity index (χ4n) is 7.53. The quantitative estimate of drug-likeness (QED) is 0.166. The van der Waals surface area contributed by atoms with Crippen LogP contribution in [-0.2, 0) is 0 Å². The summed E-state index contributed by atoms with van der Waals surface area (Å²) in [7, 11) is 0. The molecular weight excluding hydrogens is 669 g/mol. The minimum Gasteiger partial charge on any atom is -0.231 e. The van der Waals surface area contributed by atoms with Crippen LogP contribution >= 0.6 is 0 Å². The molecule has 258 valence electrons. The Morgan fingerprint density at radius 3 is 1.55 bits per heavy atom. The van der Waals surface area contributed by atoms with Crippen molar-refractivity contribution in [1.29, 1.82) is 0 Å². The molecule has 7 aromatic carbocycles. The van der Waals surface area contributed by atoms with Gasteiger partial charge in [-0.15, -0.1) is 0 Å². The van der Waals surface area contributed by atoms with Crippen molar-refractivity contribution in [1.82, 2.24) is 19.6 Å². The van der Waals surface area contributed by atoms with Crippen molar-refractivity contribution in [3.63, 3.8) is 0 Å². The van der Waals surface area contributed by atoms with E-state index in [9.17, 15) is 0 Å². The maximum absolute atomic E-state index is 5.42. The predicted molar refractivity (Wildman–Crippen MR) is 226 cm³/mol. The normalized spacial score (nSPS) is 11.3. The van der Waals surface area contributed by atoms with Crippen LogP contribution in [0.25, 0.3) is 95.0 Å². The minimum absolute atomic E-state index is 0.685. The van der Waals surface area contributed by atoms with Gasteiger partial charge in [0.25, 0.3) is 0 Å². The molecule has 10 aromatic rings.